The summed E-state index contributed by atoms with van der Waals surface area (Å²) in [4.78, 5) is 8.34. The molecule has 0 aliphatic carbocycles. The number of nitrogens with zero attached hydrogens (tertiary/aromatic N) is 2. The second-order valence-electron chi connectivity index (χ2n) is 4.53. The van der Waals surface area contributed by atoms with Crippen molar-refractivity contribution >= 4 is 11.8 Å². The number of anilines is 2. The lowest BCUT2D eigenvalue weighted by Gasteiger charge is -2.15. The summed E-state index contributed by atoms with van der Waals surface area (Å²) in [5, 5.41) is 3.36. The van der Waals surface area contributed by atoms with Gasteiger partial charge >= 0.3 is 0 Å². The lowest BCUT2D eigenvalue weighted by atomic mass is 10.1. The third kappa shape index (κ3) is 3.69. The standard InChI is InChI=1S/C13H19N5O/c1-9-8-15-13(18-14)17-12(9)16-10(2)5-6-11-4-3-7-19-11/h3-4,7-8,10H,5-6,14H2,1-2H3,(H2,15,16,17,18). The molecule has 0 saturated carbocycles. The van der Waals surface area contributed by atoms with Gasteiger partial charge in [-0.25, -0.2) is 10.8 Å². The molecular weight excluding hydrogens is 242 g/mol. The van der Waals surface area contributed by atoms with E-state index in [4.69, 9.17) is 10.3 Å². The number of nitrogens with one attached hydrogen (secondary N) is 2. The molecule has 0 spiro atoms. The molecular formula is C13H19N5O. The van der Waals surface area contributed by atoms with Crippen molar-refractivity contribution in [1.29, 1.82) is 0 Å². The van der Waals surface area contributed by atoms with Crippen molar-refractivity contribution in [2.75, 3.05) is 10.7 Å². The Kier molecular flexibility index (Phi) is 4.35. The molecule has 0 amide bonds. The average molecular weight is 261 g/mol. The van der Waals surface area contributed by atoms with Gasteiger partial charge in [0.1, 0.15) is 11.6 Å². The van der Waals surface area contributed by atoms with Crippen molar-refractivity contribution in [3.05, 3.63) is 35.9 Å². The van der Waals surface area contributed by atoms with Crippen molar-refractivity contribution < 1.29 is 4.42 Å². The summed E-state index contributed by atoms with van der Waals surface area (Å²) in [6.45, 7) is 4.07. The minimum absolute atomic E-state index is 0.282. The molecule has 6 heteroatoms. The van der Waals surface area contributed by atoms with E-state index >= 15 is 0 Å². The van der Waals surface area contributed by atoms with Gasteiger partial charge in [-0.3, -0.25) is 5.43 Å². The Labute approximate surface area is 112 Å². The quantitative estimate of drug-likeness (QED) is 0.545. The summed E-state index contributed by atoms with van der Waals surface area (Å²) in [7, 11) is 0. The van der Waals surface area contributed by atoms with Crippen molar-refractivity contribution in [3.63, 3.8) is 0 Å². The smallest absolute Gasteiger partial charge is 0.239 e. The Morgan fingerprint density at radius 2 is 2.32 bits per heavy atom. The van der Waals surface area contributed by atoms with Gasteiger partial charge in [0, 0.05) is 24.2 Å². The fraction of sp³-hybridized carbons (Fsp3) is 0.385. The van der Waals surface area contributed by atoms with Gasteiger partial charge in [-0.05, 0) is 32.4 Å². The Morgan fingerprint density at radius 3 is 3.00 bits per heavy atom. The third-order valence-corrected chi connectivity index (χ3v) is 2.89. The first-order valence-corrected chi connectivity index (χ1v) is 6.28. The zero-order valence-electron chi connectivity index (χ0n) is 11.2. The van der Waals surface area contributed by atoms with Gasteiger partial charge in [-0.1, -0.05) is 0 Å². The number of hydrogen-bond donors (Lipinski definition) is 3. The number of aromatic nitrogens is 2. The molecule has 0 aromatic carbocycles. The third-order valence-electron chi connectivity index (χ3n) is 2.89. The van der Waals surface area contributed by atoms with Gasteiger partial charge in [0.2, 0.25) is 5.95 Å². The highest BCUT2D eigenvalue weighted by Crippen LogP contribution is 2.15. The van der Waals surface area contributed by atoms with Gasteiger partial charge in [-0.15, -0.1) is 0 Å². The van der Waals surface area contributed by atoms with E-state index in [2.05, 4.69) is 27.6 Å². The van der Waals surface area contributed by atoms with Gasteiger partial charge in [0.15, 0.2) is 0 Å². The lowest BCUT2D eigenvalue weighted by Crippen LogP contribution is -2.19. The molecule has 0 aliphatic heterocycles. The highest BCUT2D eigenvalue weighted by atomic mass is 16.3. The molecule has 0 radical (unpaired) electrons. The predicted molar refractivity (Wildman–Crippen MR) is 74.7 cm³/mol. The molecule has 1 atom stereocenters. The van der Waals surface area contributed by atoms with Crippen LogP contribution in [0.1, 0.15) is 24.7 Å². The van der Waals surface area contributed by atoms with E-state index in [1.807, 2.05) is 19.1 Å². The predicted octanol–water partition coefficient (Wildman–Crippen LogP) is 2.10. The fourth-order valence-corrected chi connectivity index (χ4v) is 1.78. The lowest BCUT2D eigenvalue weighted by molar-refractivity contribution is 0.495. The molecule has 6 nitrogen and oxygen atoms in total. The van der Waals surface area contributed by atoms with Crippen LogP contribution < -0.4 is 16.6 Å². The largest absolute Gasteiger partial charge is 0.469 e. The molecule has 2 aromatic rings. The van der Waals surface area contributed by atoms with Crippen LogP contribution in [0.25, 0.3) is 0 Å². The number of hydrazine groups is 1. The minimum Gasteiger partial charge on any atom is -0.469 e. The molecule has 0 bridgehead atoms. The van der Waals surface area contributed by atoms with Crippen LogP contribution in [0.5, 0.6) is 0 Å². The molecule has 2 rings (SSSR count). The molecule has 1 unspecified atom stereocenters. The van der Waals surface area contributed by atoms with Gasteiger partial charge in [0.05, 0.1) is 6.26 Å². The van der Waals surface area contributed by atoms with E-state index < -0.39 is 0 Å². The van der Waals surface area contributed by atoms with Crippen LogP contribution in [0.4, 0.5) is 11.8 Å². The van der Waals surface area contributed by atoms with Crippen molar-refractivity contribution in [2.45, 2.75) is 32.7 Å². The van der Waals surface area contributed by atoms with Crippen molar-refractivity contribution in [3.8, 4) is 0 Å². The Hall–Kier alpha value is -2.08. The van der Waals surface area contributed by atoms with Crippen molar-refractivity contribution in [2.24, 2.45) is 5.84 Å². The maximum Gasteiger partial charge on any atom is 0.239 e. The summed E-state index contributed by atoms with van der Waals surface area (Å²) in [6, 6.07) is 4.17. The molecule has 0 aliphatic rings. The van der Waals surface area contributed by atoms with Crippen molar-refractivity contribution in [1.82, 2.24) is 9.97 Å². The summed E-state index contributed by atoms with van der Waals surface area (Å²) in [5.41, 5.74) is 3.43. The zero-order chi connectivity index (χ0) is 13.7. The second-order valence-corrected chi connectivity index (χ2v) is 4.53. The Balaban J connectivity index is 1.92. The number of nitrogens with two attached hydrogens (primary N) is 1. The first-order chi connectivity index (χ1) is 9.19. The van der Waals surface area contributed by atoms with Crippen LogP contribution in [0.2, 0.25) is 0 Å². The van der Waals surface area contributed by atoms with Gasteiger partial charge in [0.25, 0.3) is 0 Å². The van der Waals surface area contributed by atoms with E-state index in [0.29, 0.717) is 5.95 Å². The molecule has 0 saturated heterocycles. The summed E-state index contributed by atoms with van der Waals surface area (Å²) in [6.07, 6.45) is 5.29. The number of rotatable bonds is 6. The Morgan fingerprint density at radius 1 is 1.47 bits per heavy atom. The zero-order valence-corrected chi connectivity index (χ0v) is 11.2. The van der Waals surface area contributed by atoms with Crippen LogP contribution in [0.3, 0.4) is 0 Å². The molecule has 2 aromatic heterocycles. The second kappa shape index (κ2) is 6.19. The maximum atomic E-state index is 5.31. The summed E-state index contributed by atoms with van der Waals surface area (Å²) in [5.74, 6) is 7.51. The van der Waals surface area contributed by atoms with Crippen LogP contribution >= 0.6 is 0 Å². The normalized spacial score (nSPS) is 12.2. The van der Waals surface area contributed by atoms with E-state index in [0.717, 1.165) is 30.0 Å². The number of nitrogen functional groups attached to an aromatic ring is 1. The molecule has 19 heavy (non-hydrogen) atoms. The minimum atomic E-state index is 0.282. The number of hydrogen-bond acceptors (Lipinski definition) is 6. The van der Waals surface area contributed by atoms with E-state index in [1.165, 1.54) is 0 Å². The summed E-state index contributed by atoms with van der Waals surface area (Å²) >= 11 is 0. The number of furan rings is 1. The topological polar surface area (TPSA) is 89.0 Å². The van der Waals surface area contributed by atoms with Gasteiger partial charge in [-0.2, -0.15) is 4.98 Å². The SMILES string of the molecule is Cc1cnc(NN)nc1NC(C)CCc1ccco1. The molecule has 4 N–H and O–H groups in total. The monoisotopic (exact) mass is 261 g/mol. The summed E-state index contributed by atoms with van der Waals surface area (Å²) < 4.78 is 5.31. The maximum absolute atomic E-state index is 5.31. The molecule has 2 heterocycles. The highest BCUT2D eigenvalue weighted by Gasteiger charge is 2.08. The first-order valence-electron chi connectivity index (χ1n) is 6.28. The van der Waals surface area contributed by atoms with E-state index in [-0.39, 0.29) is 6.04 Å². The molecule has 102 valence electrons. The van der Waals surface area contributed by atoms with Crippen LogP contribution in [0.15, 0.2) is 29.0 Å². The number of aryl methyl sites for hydroxylation is 2. The van der Waals surface area contributed by atoms with Crippen LogP contribution in [-0.4, -0.2) is 16.0 Å². The van der Waals surface area contributed by atoms with Crippen LogP contribution in [0, 0.1) is 6.92 Å². The average Bonchev–Trinajstić information content (AvgIpc) is 2.92. The fourth-order valence-electron chi connectivity index (χ4n) is 1.78. The first kappa shape index (κ1) is 13.4. The van der Waals surface area contributed by atoms with Gasteiger partial charge < -0.3 is 9.73 Å². The highest BCUT2D eigenvalue weighted by molar-refractivity contribution is 5.46. The molecule has 0 fully saturated rings. The van der Waals surface area contributed by atoms with Crippen LogP contribution in [-0.2, 0) is 6.42 Å². The van der Waals surface area contributed by atoms with E-state index in [9.17, 15) is 0 Å². The van der Waals surface area contributed by atoms with E-state index in [1.54, 1.807) is 12.5 Å². The Bertz CT molecular complexity index is 512.